The molecule has 1 aromatic heterocycles. The van der Waals surface area contributed by atoms with Crippen molar-refractivity contribution in [2.45, 2.75) is 31.8 Å². The lowest BCUT2D eigenvalue weighted by atomic mass is 9.75. The quantitative estimate of drug-likeness (QED) is 0.830. The monoisotopic (exact) mass is 294 g/mol. The zero-order valence-electron chi connectivity index (χ0n) is 12.7. The molecule has 2 aliphatic heterocycles. The summed E-state index contributed by atoms with van der Waals surface area (Å²) in [6.45, 7) is 8.69. The van der Waals surface area contributed by atoms with E-state index in [1.165, 1.54) is 38.0 Å². The van der Waals surface area contributed by atoms with Crippen LogP contribution in [-0.2, 0) is 11.3 Å². The Balaban J connectivity index is 1.53. The topological polar surface area (TPSA) is 15.7 Å². The van der Waals surface area contributed by atoms with E-state index in [0.29, 0.717) is 5.54 Å². The average molecular weight is 294 g/mol. The number of hydrogen-bond donors (Lipinski definition) is 0. The van der Waals surface area contributed by atoms with Crippen molar-refractivity contribution < 1.29 is 4.74 Å². The smallest absolute Gasteiger partial charge is 0.0495 e. The minimum absolute atomic E-state index is 0.427. The van der Waals surface area contributed by atoms with Crippen LogP contribution in [0, 0.1) is 5.92 Å². The molecule has 2 aliphatic rings. The van der Waals surface area contributed by atoms with Crippen LogP contribution in [-0.4, -0.2) is 55.2 Å². The molecule has 0 amide bonds. The Morgan fingerprint density at radius 1 is 1.45 bits per heavy atom. The molecule has 112 valence electrons. The van der Waals surface area contributed by atoms with Crippen molar-refractivity contribution in [3.8, 4) is 0 Å². The number of likely N-dealkylation sites (N-methyl/N-ethyl adjacent to an activating group) is 1. The van der Waals surface area contributed by atoms with E-state index in [1.807, 2.05) is 0 Å². The lowest BCUT2D eigenvalue weighted by molar-refractivity contribution is -0.0922. The summed E-state index contributed by atoms with van der Waals surface area (Å²) in [7, 11) is 2.30. The molecule has 2 fully saturated rings. The first-order valence-corrected chi connectivity index (χ1v) is 8.68. The molecule has 2 saturated heterocycles. The van der Waals surface area contributed by atoms with E-state index in [9.17, 15) is 0 Å². The molecule has 1 aromatic rings. The third-order valence-electron chi connectivity index (χ3n) is 4.93. The summed E-state index contributed by atoms with van der Waals surface area (Å²) in [4.78, 5) is 5.18. The molecular formula is C16H26N2OS. The van der Waals surface area contributed by atoms with Gasteiger partial charge in [0, 0.05) is 38.4 Å². The maximum Gasteiger partial charge on any atom is 0.0495 e. The van der Waals surface area contributed by atoms with Gasteiger partial charge in [-0.1, -0.05) is 0 Å². The van der Waals surface area contributed by atoms with Gasteiger partial charge in [-0.2, -0.15) is 11.3 Å². The fourth-order valence-corrected chi connectivity index (χ4v) is 4.40. The van der Waals surface area contributed by atoms with Crippen molar-refractivity contribution in [2.24, 2.45) is 5.92 Å². The predicted octanol–water partition coefficient (Wildman–Crippen LogP) is 2.68. The van der Waals surface area contributed by atoms with Crippen molar-refractivity contribution in [3.05, 3.63) is 22.4 Å². The second-order valence-corrected chi connectivity index (χ2v) is 7.22. The van der Waals surface area contributed by atoms with Gasteiger partial charge in [0.05, 0.1) is 0 Å². The molecule has 4 heteroatoms. The van der Waals surface area contributed by atoms with Crippen molar-refractivity contribution in [1.29, 1.82) is 0 Å². The second kappa shape index (κ2) is 6.14. The molecule has 3 nitrogen and oxygen atoms in total. The number of ether oxygens (including phenoxy) is 1. The molecule has 0 aromatic carbocycles. The molecule has 3 heterocycles. The van der Waals surface area contributed by atoms with E-state index >= 15 is 0 Å². The van der Waals surface area contributed by atoms with Crippen LogP contribution in [0.25, 0.3) is 0 Å². The van der Waals surface area contributed by atoms with Gasteiger partial charge in [-0.3, -0.25) is 9.80 Å². The van der Waals surface area contributed by atoms with Crippen molar-refractivity contribution in [2.75, 3.05) is 39.9 Å². The van der Waals surface area contributed by atoms with E-state index in [1.54, 1.807) is 11.3 Å². The molecule has 0 saturated carbocycles. The molecule has 0 radical (unpaired) electrons. The first kappa shape index (κ1) is 14.5. The van der Waals surface area contributed by atoms with Gasteiger partial charge in [0.2, 0.25) is 0 Å². The van der Waals surface area contributed by atoms with Crippen molar-refractivity contribution >= 4 is 11.3 Å². The highest BCUT2D eigenvalue weighted by atomic mass is 32.1. The summed E-state index contributed by atoms with van der Waals surface area (Å²) in [5.41, 5.74) is 1.89. The summed E-state index contributed by atoms with van der Waals surface area (Å²) in [5.74, 6) is 0.759. The average Bonchev–Trinajstić information content (AvgIpc) is 2.90. The van der Waals surface area contributed by atoms with Crippen LogP contribution < -0.4 is 0 Å². The molecule has 3 rings (SSSR count). The molecule has 1 atom stereocenters. The Kier molecular flexibility index (Phi) is 4.46. The Labute approximate surface area is 126 Å². The lowest BCUT2D eigenvalue weighted by Gasteiger charge is -2.58. The SMILES string of the molecule is CCOCC1CCN(C)C2(C1)CN(Cc1ccsc1)C2. The van der Waals surface area contributed by atoms with Crippen LogP contribution in [0.5, 0.6) is 0 Å². The molecule has 1 unspecified atom stereocenters. The normalized spacial score (nSPS) is 26.8. The molecule has 1 spiro atoms. The van der Waals surface area contributed by atoms with Crippen LogP contribution in [0.1, 0.15) is 25.3 Å². The number of likely N-dealkylation sites (tertiary alicyclic amines) is 2. The van der Waals surface area contributed by atoms with Gasteiger partial charge in [-0.05, 0) is 61.7 Å². The van der Waals surface area contributed by atoms with Gasteiger partial charge in [0.25, 0.3) is 0 Å². The van der Waals surface area contributed by atoms with Crippen LogP contribution in [0.2, 0.25) is 0 Å². The van der Waals surface area contributed by atoms with E-state index in [-0.39, 0.29) is 0 Å². The minimum Gasteiger partial charge on any atom is -0.381 e. The van der Waals surface area contributed by atoms with Crippen molar-refractivity contribution in [1.82, 2.24) is 9.80 Å². The number of hydrogen-bond acceptors (Lipinski definition) is 4. The number of piperidine rings is 1. The van der Waals surface area contributed by atoms with Gasteiger partial charge in [-0.25, -0.2) is 0 Å². The fraction of sp³-hybridized carbons (Fsp3) is 0.750. The molecule has 20 heavy (non-hydrogen) atoms. The maximum absolute atomic E-state index is 5.65. The fourth-order valence-electron chi connectivity index (χ4n) is 3.74. The van der Waals surface area contributed by atoms with Gasteiger partial charge < -0.3 is 4.74 Å². The zero-order valence-corrected chi connectivity index (χ0v) is 13.5. The summed E-state index contributed by atoms with van der Waals surface area (Å²) in [6, 6.07) is 2.25. The Bertz CT molecular complexity index is 412. The van der Waals surface area contributed by atoms with Gasteiger partial charge in [-0.15, -0.1) is 0 Å². The summed E-state index contributed by atoms with van der Waals surface area (Å²) in [6.07, 6.45) is 2.60. The van der Waals surface area contributed by atoms with E-state index in [2.05, 4.69) is 40.6 Å². The summed E-state index contributed by atoms with van der Waals surface area (Å²) in [5, 5.41) is 4.45. The van der Waals surface area contributed by atoms with Crippen LogP contribution in [0.4, 0.5) is 0 Å². The molecule has 0 N–H and O–H groups in total. The number of rotatable bonds is 5. The van der Waals surface area contributed by atoms with Gasteiger partial charge in [0.15, 0.2) is 0 Å². The standard InChI is InChI=1S/C16H26N2OS/c1-3-19-10-14-4-6-17(2)16(8-14)12-18(13-16)9-15-5-7-20-11-15/h5,7,11,14H,3-4,6,8-10,12-13H2,1-2H3. The van der Waals surface area contributed by atoms with Crippen LogP contribution >= 0.6 is 11.3 Å². The van der Waals surface area contributed by atoms with Gasteiger partial charge >= 0.3 is 0 Å². The van der Waals surface area contributed by atoms with Crippen LogP contribution in [0.15, 0.2) is 16.8 Å². The first-order chi connectivity index (χ1) is 9.72. The molecule has 0 aliphatic carbocycles. The summed E-state index contributed by atoms with van der Waals surface area (Å²) >= 11 is 1.80. The van der Waals surface area contributed by atoms with Gasteiger partial charge in [0.1, 0.15) is 0 Å². The van der Waals surface area contributed by atoms with Crippen LogP contribution in [0.3, 0.4) is 0 Å². The largest absolute Gasteiger partial charge is 0.381 e. The van der Waals surface area contributed by atoms with E-state index in [0.717, 1.165) is 25.7 Å². The lowest BCUT2D eigenvalue weighted by Crippen LogP contribution is -2.71. The number of nitrogens with zero attached hydrogens (tertiary/aromatic N) is 2. The third kappa shape index (κ3) is 2.93. The highest BCUT2D eigenvalue weighted by Gasteiger charge is 2.48. The number of thiophene rings is 1. The Hall–Kier alpha value is -0.420. The van der Waals surface area contributed by atoms with E-state index in [4.69, 9.17) is 4.74 Å². The highest BCUT2D eigenvalue weighted by molar-refractivity contribution is 7.07. The highest BCUT2D eigenvalue weighted by Crippen LogP contribution is 2.38. The Morgan fingerprint density at radius 2 is 2.30 bits per heavy atom. The third-order valence-corrected chi connectivity index (χ3v) is 5.66. The predicted molar refractivity (Wildman–Crippen MR) is 84.2 cm³/mol. The maximum atomic E-state index is 5.65. The summed E-state index contributed by atoms with van der Waals surface area (Å²) < 4.78 is 5.65. The zero-order chi connectivity index (χ0) is 14.0. The molecular weight excluding hydrogens is 268 g/mol. The first-order valence-electron chi connectivity index (χ1n) is 7.74. The minimum atomic E-state index is 0.427. The van der Waals surface area contributed by atoms with E-state index < -0.39 is 0 Å². The van der Waals surface area contributed by atoms with Crippen molar-refractivity contribution in [3.63, 3.8) is 0 Å². The molecule has 0 bridgehead atoms. The second-order valence-electron chi connectivity index (χ2n) is 6.44. The Morgan fingerprint density at radius 3 is 3.00 bits per heavy atom.